The number of urea groups is 1. The predicted octanol–water partition coefficient (Wildman–Crippen LogP) is 1.20. The molecule has 1 aliphatic rings. The van der Waals surface area contributed by atoms with Gasteiger partial charge in [0.15, 0.2) is 0 Å². The van der Waals surface area contributed by atoms with Crippen molar-refractivity contribution in [2.75, 3.05) is 43.1 Å². The molecule has 0 aromatic carbocycles. The summed E-state index contributed by atoms with van der Waals surface area (Å²) < 4.78 is 5.31. The van der Waals surface area contributed by atoms with Crippen LogP contribution >= 0.6 is 0 Å². The van der Waals surface area contributed by atoms with Crippen LogP contribution in [0.1, 0.15) is 20.3 Å². The molecule has 3 N–H and O–H groups in total. The smallest absolute Gasteiger partial charge is 0.319 e. The van der Waals surface area contributed by atoms with Crippen LogP contribution in [0.2, 0.25) is 0 Å². The number of carbonyl (C=O) groups excluding carboxylic acids is 1. The molecule has 1 aromatic heterocycles. The first kappa shape index (κ1) is 16.5. The number of hydrogen-bond donors (Lipinski definition) is 3. The van der Waals surface area contributed by atoms with Crippen molar-refractivity contribution in [1.82, 2.24) is 10.3 Å². The highest BCUT2D eigenvalue weighted by atomic mass is 16.5. The number of carbonyl (C=O) groups is 1. The second-order valence-corrected chi connectivity index (χ2v) is 5.66. The lowest BCUT2D eigenvalue weighted by molar-refractivity contribution is 0.122. The highest BCUT2D eigenvalue weighted by molar-refractivity contribution is 5.89. The molecule has 1 aliphatic heterocycles. The van der Waals surface area contributed by atoms with E-state index in [0.29, 0.717) is 25.3 Å². The van der Waals surface area contributed by atoms with Crippen molar-refractivity contribution < 1.29 is 14.6 Å². The second-order valence-electron chi connectivity index (χ2n) is 5.66. The lowest BCUT2D eigenvalue weighted by Crippen LogP contribution is -2.50. The quantitative estimate of drug-likeness (QED) is 0.761. The van der Waals surface area contributed by atoms with Crippen LogP contribution in [0.4, 0.5) is 16.3 Å². The fourth-order valence-electron chi connectivity index (χ4n) is 2.12. The van der Waals surface area contributed by atoms with E-state index in [1.807, 2.05) is 19.1 Å². The molecular weight excluding hydrogens is 284 g/mol. The van der Waals surface area contributed by atoms with Crippen molar-refractivity contribution in [3.05, 3.63) is 18.3 Å². The number of rotatable bonds is 5. The zero-order valence-corrected chi connectivity index (χ0v) is 13.1. The molecule has 1 aromatic rings. The molecule has 1 saturated heterocycles. The molecule has 0 aliphatic carbocycles. The van der Waals surface area contributed by atoms with Crippen molar-refractivity contribution in [3.63, 3.8) is 0 Å². The normalized spacial score (nSPS) is 17.7. The van der Waals surface area contributed by atoms with Gasteiger partial charge in [-0.05, 0) is 25.5 Å². The van der Waals surface area contributed by atoms with E-state index in [4.69, 9.17) is 4.74 Å². The van der Waals surface area contributed by atoms with Gasteiger partial charge in [0.2, 0.25) is 0 Å². The number of hydrogen-bond acceptors (Lipinski definition) is 5. The predicted molar refractivity (Wildman–Crippen MR) is 85.2 cm³/mol. The summed E-state index contributed by atoms with van der Waals surface area (Å²) in [5, 5.41) is 14.8. The topological polar surface area (TPSA) is 86.7 Å². The molecule has 0 radical (unpaired) electrons. The number of pyridine rings is 1. The minimum absolute atomic E-state index is 0.106. The first-order valence-electron chi connectivity index (χ1n) is 7.55. The largest absolute Gasteiger partial charge is 0.394 e. The van der Waals surface area contributed by atoms with E-state index < -0.39 is 5.54 Å². The molecule has 2 heterocycles. The number of aromatic nitrogens is 1. The van der Waals surface area contributed by atoms with Crippen LogP contribution in [0.5, 0.6) is 0 Å². The molecule has 7 nitrogen and oxygen atoms in total. The summed E-state index contributed by atoms with van der Waals surface area (Å²) in [6.45, 7) is 6.67. The molecule has 1 fully saturated rings. The van der Waals surface area contributed by atoms with Crippen LogP contribution in [-0.4, -0.2) is 54.6 Å². The van der Waals surface area contributed by atoms with Gasteiger partial charge in [0, 0.05) is 13.1 Å². The molecule has 0 saturated carbocycles. The molecular formula is C15H24N4O3. The number of amides is 2. The van der Waals surface area contributed by atoms with Crippen molar-refractivity contribution in [1.29, 1.82) is 0 Å². The Kier molecular flexibility index (Phi) is 5.57. The Hall–Kier alpha value is -1.86. The SMILES string of the molecule is CC[C@](C)(CO)NC(=O)Nc1ccc(N2CCOCC2)nc1. The van der Waals surface area contributed by atoms with Gasteiger partial charge in [-0.25, -0.2) is 9.78 Å². The maximum Gasteiger partial charge on any atom is 0.319 e. The zero-order valence-electron chi connectivity index (χ0n) is 13.1. The van der Waals surface area contributed by atoms with Crippen LogP contribution in [0.25, 0.3) is 0 Å². The van der Waals surface area contributed by atoms with Crippen LogP contribution in [0.3, 0.4) is 0 Å². The third-order valence-corrected chi connectivity index (χ3v) is 3.89. The minimum atomic E-state index is -0.620. The molecule has 22 heavy (non-hydrogen) atoms. The Labute approximate surface area is 130 Å². The molecule has 2 amide bonds. The molecule has 0 bridgehead atoms. The number of nitrogens with one attached hydrogen (secondary N) is 2. The van der Waals surface area contributed by atoms with Gasteiger partial charge in [-0.3, -0.25) is 0 Å². The number of anilines is 2. The van der Waals surface area contributed by atoms with Gasteiger partial charge >= 0.3 is 6.03 Å². The van der Waals surface area contributed by atoms with Gasteiger partial charge in [0.1, 0.15) is 5.82 Å². The van der Waals surface area contributed by atoms with Crippen molar-refractivity contribution >= 4 is 17.5 Å². The number of aliphatic hydroxyl groups excluding tert-OH is 1. The third kappa shape index (κ3) is 4.32. The summed E-state index contributed by atoms with van der Waals surface area (Å²) in [5.41, 5.74) is -0.00321. The van der Waals surface area contributed by atoms with Crippen LogP contribution in [-0.2, 0) is 4.74 Å². The molecule has 1 atom stereocenters. The van der Waals surface area contributed by atoms with Crippen LogP contribution in [0.15, 0.2) is 18.3 Å². The average molecular weight is 308 g/mol. The highest BCUT2D eigenvalue weighted by Crippen LogP contribution is 2.16. The maximum absolute atomic E-state index is 11.9. The first-order valence-corrected chi connectivity index (χ1v) is 7.55. The molecule has 0 spiro atoms. The van der Waals surface area contributed by atoms with Gasteiger partial charge in [-0.1, -0.05) is 6.92 Å². The van der Waals surface area contributed by atoms with Gasteiger partial charge in [-0.2, -0.15) is 0 Å². The Morgan fingerprint density at radius 1 is 1.45 bits per heavy atom. The van der Waals surface area contributed by atoms with E-state index in [9.17, 15) is 9.90 Å². The van der Waals surface area contributed by atoms with Gasteiger partial charge < -0.3 is 25.4 Å². The van der Waals surface area contributed by atoms with Crippen molar-refractivity contribution in [2.24, 2.45) is 0 Å². The summed E-state index contributed by atoms with van der Waals surface area (Å²) in [6.07, 6.45) is 2.28. The fraction of sp³-hybridized carbons (Fsp3) is 0.600. The Bertz CT molecular complexity index is 482. The molecule has 0 unspecified atom stereocenters. The highest BCUT2D eigenvalue weighted by Gasteiger charge is 2.23. The fourth-order valence-corrected chi connectivity index (χ4v) is 2.12. The van der Waals surface area contributed by atoms with Crippen molar-refractivity contribution in [3.8, 4) is 0 Å². The number of nitrogens with zero attached hydrogens (tertiary/aromatic N) is 2. The Morgan fingerprint density at radius 2 is 2.18 bits per heavy atom. The van der Waals surface area contributed by atoms with E-state index in [1.54, 1.807) is 13.1 Å². The second kappa shape index (κ2) is 7.42. The van der Waals surface area contributed by atoms with Crippen molar-refractivity contribution in [2.45, 2.75) is 25.8 Å². The van der Waals surface area contributed by atoms with E-state index >= 15 is 0 Å². The summed E-state index contributed by atoms with van der Waals surface area (Å²) in [7, 11) is 0. The zero-order chi connectivity index (χ0) is 16.0. The monoisotopic (exact) mass is 308 g/mol. The van der Waals surface area contributed by atoms with Gasteiger partial charge in [-0.15, -0.1) is 0 Å². The first-order chi connectivity index (χ1) is 10.6. The number of morpholine rings is 1. The van der Waals surface area contributed by atoms with E-state index in [2.05, 4.69) is 20.5 Å². The molecule has 7 heteroatoms. The van der Waals surface area contributed by atoms with E-state index in [1.165, 1.54) is 0 Å². The molecule has 122 valence electrons. The van der Waals surface area contributed by atoms with E-state index in [-0.39, 0.29) is 12.6 Å². The summed E-state index contributed by atoms with van der Waals surface area (Å²) >= 11 is 0. The minimum Gasteiger partial charge on any atom is -0.394 e. The average Bonchev–Trinajstić information content (AvgIpc) is 2.56. The van der Waals surface area contributed by atoms with E-state index in [0.717, 1.165) is 18.9 Å². The Morgan fingerprint density at radius 3 is 2.73 bits per heavy atom. The standard InChI is InChI=1S/C15H24N4O3/c1-3-15(2,11-20)18-14(21)17-12-4-5-13(16-10-12)19-6-8-22-9-7-19/h4-5,10,20H,3,6-9,11H2,1-2H3,(H2,17,18,21)/t15-/m1/s1. The molecule has 2 rings (SSSR count). The maximum atomic E-state index is 11.9. The van der Waals surface area contributed by atoms with Crippen LogP contribution in [0, 0.1) is 0 Å². The lowest BCUT2D eigenvalue weighted by atomic mass is 10.0. The number of aliphatic hydroxyl groups is 1. The summed E-state index contributed by atoms with van der Waals surface area (Å²) in [6, 6.07) is 3.35. The van der Waals surface area contributed by atoms with Crippen LogP contribution < -0.4 is 15.5 Å². The van der Waals surface area contributed by atoms with Gasteiger partial charge in [0.05, 0.1) is 37.2 Å². The number of ether oxygens (including phenoxy) is 1. The lowest BCUT2D eigenvalue weighted by Gasteiger charge is -2.28. The Balaban J connectivity index is 1.92. The summed E-state index contributed by atoms with van der Waals surface area (Å²) in [5.74, 6) is 0.878. The van der Waals surface area contributed by atoms with Gasteiger partial charge in [0.25, 0.3) is 0 Å². The third-order valence-electron chi connectivity index (χ3n) is 3.89. The summed E-state index contributed by atoms with van der Waals surface area (Å²) in [4.78, 5) is 18.5.